The second kappa shape index (κ2) is 12.0. The Labute approximate surface area is 247 Å². The zero-order valence-corrected chi connectivity index (χ0v) is 24.5. The number of benzene rings is 3. The van der Waals surface area contributed by atoms with Gasteiger partial charge in [0, 0.05) is 23.1 Å². The van der Waals surface area contributed by atoms with Crippen LogP contribution in [0.3, 0.4) is 0 Å². The Balaban J connectivity index is 0.000000198. The normalized spacial score (nSPS) is 11.1. The molecule has 0 amide bonds. The molecule has 0 bridgehead atoms. The number of nitrogens with zero attached hydrogens (tertiary/aromatic N) is 4. The van der Waals surface area contributed by atoms with E-state index in [4.69, 9.17) is 11.6 Å². The van der Waals surface area contributed by atoms with E-state index in [1.807, 2.05) is 19.3 Å². The van der Waals surface area contributed by atoms with E-state index in [1.54, 1.807) is 18.6 Å². The SMILES string of the molecule is Cc1[nH]cnc1-c1ccc(Cl)nc1.Cc1c(I)ncn1C(c1ccccc1)(c1ccccc1)c1ccccc1. The lowest BCUT2D eigenvalue weighted by atomic mass is 9.76. The quantitative estimate of drug-likeness (QED) is 0.117. The standard InChI is InChI=1S/C23H19IN2.C9H8ClN3/c1-18-22(24)25-17-26(18)23(19-11-5-2-6-12-19,20-13-7-3-8-14-20)21-15-9-4-10-16-21;1-6-9(13-5-12-6)7-2-3-8(10)11-4-7/h2-17H,1H3;2-5H,1H3,(H,12,13). The fraction of sp³-hybridized carbons (Fsp3) is 0.0938. The molecule has 5 nitrogen and oxygen atoms in total. The third-order valence-electron chi connectivity index (χ3n) is 6.71. The molecule has 194 valence electrons. The number of hydrogen-bond acceptors (Lipinski definition) is 3. The minimum absolute atomic E-state index is 0.468. The monoisotopic (exact) mass is 643 g/mol. The minimum Gasteiger partial charge on any atom is -0.348 e. The first kappa shape index (κ1) is 26.8. The van der Waals surface area contributed by atoms with E-state index in [9.17, 15) is 0 Å². The van der Waals surface area contributed by atoms with Gasteiger partial charge in [-0.15, -0.1) is 0 Å². The summed E-state index contributed by atoms with van der Waals surface area (Å²) in [6.07, 6.45) is 5.34. The van der Waals surface area contributed by atoms with Crippen molar-refractivity contribution < 1.29 is 0 Å². The molecule has 0 aliphatic rings. The molecule has 0 saturated heterocycles. The third-order valence-corrected chi connectivity index (χ3v) is 8.00. The number of aromatic nitrogens is 5. The maximum Gasteiger partial charge on any atom is 0.129 e. The largest absolute Gasteiger partial charge is 0.348 e. The lowest BCUT2D eigenvalue weighted by Crippen LogP contribution is -2.38. The van der Waals surface area contributed by atoms with Gasteiger partial charge < -0.3 is 9.55 Å². The van der Waals surface area contributed by atoms with E-state index in [1.165, 1.54) is 16.7 Å². The van der Waals surface area contributed by atoms with E-state index in [0.717, 1.165) is 26.3 Å². The zero-order chi connectivity index (χ0) is 27.2. The van der Waals surface area contributed by atoms with E-state index in [2.05, 4.69) is 145 Å². The Morgan fingerprint density at radius 3 is 1.64 bits per heavy atom. The van der Waals surface area contributed by atoms with Gasteiger partial charge in [-0.3, -0.25) is 0 Å². The number of pyridine rings is 1. The summed E-state index contributed by atoms with van der Waals surface area (Å²) in [4.78, 5) is 15.8. The highest BCUT2D eigenvalue weighted by molar-refractivity contribution is 14.1. The molecule has 6 aromatic rings. The van der Waals surface area contributed by atoms with Crippen molar-refractivity contribution in [3.05, 3.63) is 159 Å². The average molecular weight is 644 g/mol. The molecule has 0 fully saturated rings. The molecule has 0 aliphatic carbocycles. The molecule has 39 heavy (non-hydrogen) atoms. The molecular formula is C32H27ClIN5. The number of aromatic amines is 1. The van der Waals surface area contributed by atoms with E-state index >= 15 is 0 Å². The highest BCUT2D eigenvalue weighted by atomic mass is 127. The van der Waals surface area contributed by atoms with Crippen LogP contribution in [0.5, 0.6) is 0 Å². The summed E-state index contributed by atoms with van der Waals surface area (Å²) in [6, 6.07) is 35.7. The van der Waals surface area contributed by atoms with Crippen molar-refractivity contribution in [1.29, 1.82) is 0 Å². The second-order valence-electron chi connectivity index (χ2n) is 9.05. The fourth-order valence-corrected chi connectivity index (χ4v) is 5.34. The van der Waals surface area contributed by atoms with Gasteiger partial charge in [-0.05, 0) is 65.3 Å². The maximum absolute atomic E-state index is 5.67. The summed E-state index contributed by atoms with van der Waals surface area (Å²) < 4.78 is 3.32. The summed E-state index contributed by atoms with van der Waals surface area (Å²) in [5.74, 6) is 0. The zero-order valence-electron chi connectivity index (χ0n) is 21.6. The number of imidazole rings is 2. The van der Waals surface area contributed by atoms with Gasteiger partial charge in [-0.2, -0.15) is 0 Å². The van der Waals surface area contributed by atoms with Crippen LogP contribution in [0.1, 0.15) is 28.1 Å². The van der Waals surface area contributed by atoms with Crippen molar-refractivity contribution in [2.75, 3.05) is 0 Å². The molecule has 7 heteroatoms. The van der Waals surface area contributed by atoms with E-state index in [-0.39, 0.29) is 0 Å². The first-order chi connectivity index (χ1) is 19.0. The van der Waals surface area contributed by atoms with Crippen LogP contribution < -0.4 is 0 Å². The number of nitrogens with one attached hydrogen (secondary N) is 1. The van der Waals surface area contributed by atoms with Gasteiger partial charge in [0.2, 0.25) is 0 Å². The van der Waals surface area contributed by atoms with Crippen LogP contribution in [0.25, 0.3) is 11.3 Å². The Morgan fingerprint density at radius 2 is 1.26 bits per heavy atom. The summed E-state index contributed by atoms with van der Waals surface area (Å²) in [6.45, 7) is 4.11. The molecule has 0 spiro atoms. The van der Waals surface area contributed by atoms with Crippen molar-refractivity contribution in [3.63, 3.8) is 0 Å². The highest BCUT2D eigenvalue weighted by Gasteiger charge is 2.39. The second-order valence-corrected chi connectivity index (χ2v) is 10.5. The van der Waals surface area contributed by atoms with Gasteiger partial charge in [-0.1, -0.05) is 103 Å². The summed E-state index contributed by atoms with van der Waals surface area (Å²) in [5, 5.41) is 0.497. The molecule has 3 aromatic heterocycles. The number of hydrogen-bond donors (Lipinski definition) is 1. The average Bonchev–Trinajstić information content (AvgIpc) is 3.57. The van der Waals surface area contributed by atoms with Crippen LogP contribution in [0.4, 0.5) is 0 Å². The van der Waals surface area contributed by atoms with Gasteiger partial charge in [-0.25, -0.2) is 15.0 Å². The van der Waals surface area contributed by atoms with Gasteiger partial charge in [0.25, 0.3) is 0 Å². The molecule has 0 aliphatic heterocycles. The molecule has 6 rings (SSSR count). The van der Waals surface area contributed by atoms with Crippen LogP contribution >= 0.6 is 34.2 Å². The van der Waals surface area contributed by atoms with Crippen LogP contribution in [0, 0.1) is 17.5 Å². The van der Waals surface area contributed by atoms with Crippen LogP contribution in [-0.2, 0) is 5.54 Å². The van der Waals surface area contributed by atoms with E-state index < -0.39 is 5.54 Å². The Hall–Kier alpha value is -3.75. The molecule has 0 radical (unpaired) electrons. The Bertz CT molecular complexity index is 1530. The minimum atomic E-state index is -0.468. The Morgan fingerprint density at radius 1 is 0.718 bits per heavy atom. The Kier molecular flexibility index (Phi) is 8.24. The van der Waals surface area contributed by atoms with Crippen LogP contribution in [0.15, 0.2) is 122 Å². The summed E-state index contributed by atoms with van der Waals surface area (Å²) >= 11 is 7.98. The number of halogens is 2. The summed E-state index contributed by atoms with van der Waals surface area (Å²) in [7, 11) is 0. The molecule has 0 saturated carbocycles. The molecule has 1 N–H and O–H groups in total. The smallest absolute Gasteiger partial charge is 0.129 e. The number of aryl methyl sites for hydroxylation is 1. The maximum atomic E-state index is 5.67. The van der Waals surface area contributed by atoms with Crippen molar-refractivity contribution in [1.82, 2.24) is 24.5 Å². The lowest BCUT2D eigenvalue weighted by molar-refractivity contribution is 0.503. The van der Waals surface area contributed by atoms with Gasteiger partial charge in [0.05, 0.1) is 18.3 Å². The van der Waals surface area contributed by atoms with Crippen molar-refractivity contribution in [3.8, 4) is 11.3 Å². The molecule has 0 unspecified atom stereocenters. The van der Waals surface area contributed by atoms with Gasteiger partial charge in [0.1, 0.15) is 14.4 Å². The van der Waals surface area contributed by atoms with Gasteiger partial charge in [0.15, 0.2) is 0 Å². The van der Waals surface area contributed by atoms with Crippen molar-refractivity contribution in [2.24, 2.45) is 0 Å². The molecule has 3 heterocycles. The lowest BCUT2D eigenvalue weighted by Gasteiger charge is -2.38. The molecular weight excluding hydrogens is 617 g/mol. The molecule has 3 aromatic carbocycles. The predicted octanol–water partition coefficient (Wildman–Crippen LogP) is 8.07. The van der Waals surface area contributed by atoms with Crippen molar-refractivity contribution in [2.45, 2.75) is 19.4 Å². The summed E-state index contributed by atoms with van der Waals surface area (Å²) in [5.41, 5.74) is 7.26. The van der Waals surface area contributed by atoms with Gasteiger partial charge >= 0.3 is 0 Å². The van der Waals surface area contributed by atoms with Crippen LogP contribution in [0.2, 0.25) is 5.15 Å². The first-order valence-electron chi connectivity index (χ1n) is 12.5. The molecule has 0 atom stereocenters. The number of H-pyrrole nitrogens is 1. The first-order valence-corrected chi connectivity index (χ1v) is 14.0. The van der Waals surface area contributed by atoms with Crippen molar-refractivity contribution >= 4 is 34.2 Å². The number of rotatable bonds is 5. The fourth-order valence-electron chi connectivity index (χ4n) is 4.85. The highest BCUT2D eigenvalue weighted by Crippen LogP contribution is 2.41. The predicted molar refractivity (Wildman–Crippen MR) is 166 cm³/mol. The third kappa shape index (κ3) is 5.40. The topological polar surface area (TPSA) is 59.4 Å². The van der Waals surface area contributed by atoms with Crippen LogP contribution in [-0.4, -0.2) is 24.5 Å². The van der Waals surface area contributed by atoms with E-state index in [0.29, 0.717) is 5.15 Å².